The molecule has 2 aromatic rings. The number of aryl methyl sites for hydroxylation is 1. The lowest BCUT2D eigenvalue weighted by Gasteiger charge is -2.13. The zero-order valence-corrected chi connectivity index (χ0v) is 11.7. The van der Waals surface area contributed by atoms with E-state index in [4.69, 9.17) is 4.52 Å². The highest BCUT2D eigenvalue weighted by Gasteiger charge is 2.52. The van der Waals surface area contributed by atoms with E-state index in [0.29, 0.717) is 30.3 Å². The fourth-order valence-corrected chi connectivity index (χ4v) is 3.51. The highest BCUT2D eigenvalue weighted by Crippen LogP contribution is 2.45. The molecule has 0 spiro atoms. The smallest absolute Gasteiger partial charge is 0.247 e. The van der Waals surface area contributed by atoms with Gasteiger partial charge >= 0.3 is 0 Å². The van der Waals surface area contributed by atoms with Crippen molar-refractivity contribution in [1.29, 1.82) is 0 Å². The molecule has 0 amide bonds. The number of nitrogens with one attached hydrogen (secondary N) is 1. The lowest BCUT2D eigenvalue weighted by Crippen LogP contribution is -2.36. The minimum absolute atomic E-state index is 0.164. The van der Waals surface area contributed by atoms with E-state index in [9.17, 15) is 8.42 Å². The Kier molecular flexibility index (Phi) is 3.06. The first-order valence-corrected chi connectivity index (χ1v) is 7.87. The maximum atomic E-state index is 12.2. The van der Waals surface area contributed by atoms with Crippen LogP contribution in [0, 0.1) is 6.92 Å². The van der Waals surface area contributed by atoms with Gasteiger partial charge in [0, 0.05) is 6.20 Å². The van der Waals surface area contributed by atoms with Crippen molar-refractivity contribution in [2.75, 3.05) is 0 Å². The summed E-state index contributed by atoms with van der Waals surface area (Å²) in [5.74, 6) is 0.665. The first kappa shape index (κ1) is 13.2. The van der Waals surface area contributed by atoms with Crippen molar-refractivity contribution in [2.45, 2.75) is 31.1 Å². The third-order valence-corrected chi connectivity index (χ3v) is 4.48. The van der Waals surface area contributed by atoms with Crippen molar-refractivity contribution in [3.63, 3.8) is 0 Å². The summed E-state index contributed by atoms with van der Waals surface area (Å²) < 4.78 is 32.1. The number of hydrogen-bond donors (Lipinski definition) is 1. The molecule has 0 atom stereocenters. The predicted molar refractivity (Wildman–Crippen MR) is 69.9 cm³/mol. The van der Waals surface area contributed by atoms with Crippen molar-refractivity contribution < 1.29 is 12.9 Å². The van der Waals surface area contributed by atoms with Gasteiger partial charge in [-0.3, -0.25) is 4.98 Å². The number of rotatable bonds is 5. The highest BCUT2D eigenvalue weighted by molar-refractivity contribution is 7.88. The van der Waals surface area contributed by atoms with Crippen LogP contribution in [0.2, 0.25) is 0 Å². The fraction of sp³-hybridized carbons (Fsp3) is 0.417. The Morgan fingerprint density at radius 3 is 2.75 bits per heavy atom. The first-order chi connectivity index (χ1) is 9.49. The normalized spacial score (nSPS) is 17.1. The molecular formula is C12H14N4O3S. The zero-order chi connectivity index (χ0) is 14.2. The standard InChI is InChI=1S/C12H14N4O3S/c1-9-14-11(19-15-9)12(5-6-12)16-20(17,18)8-10-4-2-3-7-13-10/h2-4,7,16H,5-6,8H2,1H3. The van der Waals surface area contributed by atoms with Crippen molar-refractivity contribution in [3.8, 4) is 0 Å². The summed E-state index contributed by atoms with van der Waals surface area (Å²) in [6.07, 6.45) is 2.89. The minimum Gasteiger partial charge on any atom is -0.337 e. The molecule has 2 aromatic heterocycles. The van der Waals surface area contributed by atoms with Crippen molar-refractivity contribution in [3.05, 3.63) is 41.8 Å². The van der Waals surface area contributed by atoms with Crippen LogP contribution in [0.15, 0.2) is 28.9 Å². The Balaban J connectivity index is 1.77. The molecule has 1 aliphatic rings. The Morgan fingerprint density at radius 1 is 1.40 bits per heavy atom. The van der Waals surface area contributed by atoms with Crippen LogP contribution in [-0.2, 0) is 21.3 Å². The van der Waals surface area contributed by atoms with Gasteiger partial charge in [-0.1, -0.05) is 11.2 Å². The molecule has 106 valence electrons. The molecule has 20 heavy (non-hydrogen) atoms. The molecule has 1 fully saturated rings. The number of sulfonamides is 1. The molecule has 0 saturated heterocycles. The first-order valence-electron chi connectivity index (χ1n) is 6.21. The van der Waals surface area contributed by atoms with Crippen LogP contribution >= 0.6 is 0 Å². The van der Waals surface area contributed by atoms with Gasteiger partial charge in [0.25, 0.3) is 0 Å². The molecule has 1 saturated carbocycles. The van der Waals surface area contributed by atoms with Gasteiger partial charge in [0.1, 0.15) is 11.3 Å². The van der Waals surface area contributed by atoms with E-state index < -0.39 is 15.6 Å². The van der Waals surface area contributed by atoms with Crippen molar-refractivity contribution >= 4 is 10.0 Å². The molecule has 1 N–H and O–H groups in total. The second-order valence-corrected chi connectivity index (χ2v) is 6.63. The van der Waals surface area contributed by atoms with Gasteiger partial charge in [0.05, 0.1) is 5.69 Å². The number of pyridine rings is 1. The van der Waals surface area contributed by atoms with E-state index in [0.717, 1.165) is 0 Å². The molecular weight excluding hydrogens is 280 g/mol. The number of aromatic nitrogens is 3. The SMILES string of the molecule is Cc1noc(C2(NS(=O)(=O)Cc3ccccn3)CC2)n1. The van der Waals surface area contributed by atoms with Crippen LogP contribution in [0.25, 0.3) is 0 Å². The Morgan fingerprint density at radius 2 is 2.20 bits per heavy atom. The molecule has 2 heterocycles. The molecule has 7 nitrogen and oxygen atoms in total. The van der Waals surface area contributed by atoms with Crippen LogP contribution in [0.3, 0.4) is 0 Å². The maximum Gasteiger partial charge on any atom is 0.247 e. The van der Waals surface area contributed by atoms with Gasteiger partial charge in [0.2, 0.25) is 15.9 Å². The van der Waals surface area contributed by atoms with Crippen LogP contribution in [0.1, 0.15) is 30.3 Å². The van der Waals surface area contributed by atoms with Gasteiger partial charge in [-0.25, -0.2) is 8.42 Å². The molecule has 0 aliphatic heterocycles. The topological polar surface area (TPSA) is 98.0 Å². The molecule has 8 heteroatoms. The van der Waals surface area contributed by atoms with E-state index in [1.165, 1.54) is 0 Å². The van der Waals surface area contributed by atoms with E-state index in [2.05, 4.69) is 19.8 Å². The van der Waals surface area contributed by atoms with Crippen LogP contribution < -0.4 is 4.72 Å². The Hall–Kier alpha value is -1.80. The molecule has 1 aliphatic carbocycles. The van der Waals surface area contributed by atoms with Gasteiger partial charge in [-0.15, -0.1) is 0 Å². The third kappa shape index (κ3) is 2.70. The zero-order valence-electron chi connectivity index (χ0n) is 10.9. The molecule has 0 radical (unpaired) electrons. The van der Waals surface area contributed by atoms with E-state index in [1.807, 2.05) is 0 Å². The summed E-state index contributed by atoms with van der Waals surface area (Å²) >= 11 is 0. The van der Waals surface area contributed by atoms with E-state index >= 15 is 0 Å². The quantitative estimate of drug-likeness (QED) is 0.879. The van der Waals surface area contributed by atoms with Gasteiger partial charge < -0.3 is 4.52 Å². The van der Waals surface area contributed by atoms with Crippen LogP contribution in [-0.4, -0.2) is 23.5 Å². The second-order valence-electron chi connectivity index (χ2n) is 4.91. The predicted octanol–water partition coefficient (Wildman–Crippen LogP) is 0.882. The minimum atomic E-state index is -3.51. The number of nitrogens with zero attached hydrogens (tertiary/aromatic N) is 3. The summed E-state index contributed by atoms with van der Waals surface area (Å²) in [5.41, 5.74) is -0.230. The van der Waals surface area contributed by atoms with Crippen molar-refractivity contribution in [1.82, 2.24) is 19.8 Å². The highest BCUT2D eigenvalue weighted by atomic mass is 32.2. The van der Waals surface area contributed by atoms with E-state index in [-0.39, 0.29) is 5.75 Å². The summed E-state index contributed by atoms with van der Waals surface area (Å²) in [5, 5.41) is 3.70. The van der Waals surface area contributed by atoms with Crippen molar-refractivity contribution in [2.24, 2.45) is 0 Å². The maximum absolute atomic E-state index is 12.2. The van der Waals surface area contributed by atoms with Gasteiger partial charge in [0.15, 0.2) is 5.82 Å². The number of hydrogen-bond acceptors (Lipinski definition) is 6. The summed E-state index contributed by atoms with van der Waals surface area (Å²) in [7, 11) is -3.51. The lowest BCUT2D eigenvalue weighted by atomic mass is 10.3. The molecule has 3 rings (SSSR count). The molecule has 0 bridgehead atoms. The summed E-state index contributed by atoms with van der Waals surface area (Å²) in [4.78, 5) is 8.14. The summed E-state index contributed by atoms with van der Waals surface area (Å²) in [6, 6.07) is 5.18. The fourth-order valence-electron chi connectivity index (χ4n) is 1.99. The van der Waals surface area contributed by atoms with Gasteiger partial charge in [-0.05, 0) is 31.9 Å². The third-order valence-electron chi connectivity index (χ3n) is 3.10. The monoisotopic (exact) mass is 294 g/mol. The Labute approximate surface area is 116 Å². The second kappa shape index (κ2) is 4.64. The summed E-state index contributed by atoms with van der Waals surface area (Å²) in [6.45, 7) is 1.70. The van der Waals surface area contributed by atoms with Gasteiger partial charge in [-0.2, -0.15) is 9.71 Å². The average Bonchev–Trinajstić information content (AvgIpc) is 3.01. The van der Waals surface area contributed by atoms with E-state index in [1.54, 1.807) is 31.3 Å². The van der Waals surface area contributed by atoms with Crippen LogP contribution in [0.4, 0.5) is 0 Å². The molecule has 0 unspecified atom stereocenters. The van der Waals surface area contributed by atoms with Crippen LogP contribution in [0.5, 0.6) is 0 Å². The Bertz CT molecular complexity index is 707. The lowest BCUT2D eigenvalue weighted by molar-refractivity contribution is 0.334. The largest absolute Gasteiger partial charge is 0.337 e. The molecule has 0 aromatic carbocycles. The average molecular weight is 294 g/mol.